The molecule has 0 bridgehead atoms. The zero-order chi connectivity index (χ0) is 37.8. The topological polar surface area (TPSA) is 145 Å². The Balaban J connectivity index is 1.35. The SMILES string of the molecule is CCOC(=O)[C@@]12CC1/C=C\CCCCC[C@H](NC(=O)OC(C)(C)C)C(=O)N1C[C@H](Oc3cc(-c4ccccc4)nc4cc(OC)ccc34)C[C@H]1C(=O)N2. The van der Waals surface area contributed by atoms with Crippen molar-refractivity contribution in [3.05, 3.63) is 66.7 Å². The van der Waals surface area contributed by atoms with Crippen LogP contribution in [0.4, 0.5) is 4.79 Å². The van der Waals surface area contributed by atoms with Gasteiger partial charge in [0.1, 0.15) is 40.8 Å². The molecule has 282 valence electrons. The summed E-state index contributed by atoms with van der Waals surface area (Å²) in [6.45, 7) is 7.25. The summed E-state index contributed by atoms with van der Waals surface area (Å²) in [5.41, 5.74) is 0.259. The molecule has 2 aliphatic heterocycles. The maximum absolute atomic E-state index is 14.5. The van der Waals surface area contributed by atoms with Crippen LogP contribution in [-0.4, -0.2) is 83.3 Å². The van der Waals surface area contributed by atoms with Crippen molar-refractivity contribution >= 4 is 34.8 Å². The minimum absolute atomic E-state index is 0.0692. The molecule has 2 fully saturated rings. The van der Waals surface area contributed by atoms with Gasteiger partial charge in [0.05, 0.1) is 31.5 Å². The number of pyridine rings is 1. The third-order valence-corrected chi connectivity index (χ3v) is 9.91. The number of benzene rings is 2. The fraction of sp³-hybridized carbons (Fsp3) is 0.488. The Morgan fingerprint density at radius 2 is 1.85 bits per heavy atom. The molecule has 3 heterocycles. The molecule has 12 heteroatoms. The molecule has 1 aromatic heterocycles. The first-order valence-electron chi connectivity index (χ1n) is 18.6. The van der Waals surface area contributed by atoms with Gasteiger partial charge in [-0.3, -0.25) is 9.59 Å². The predicted molar refractivity (Wildman–Crippen MR) is 199 cm³/mol. The Kier molecular flexibility index (Phi) is 11.3. The second-order valence-corrected chi connectivity index (χ2v) is 15.0. The monoisotopic (exact) mass is 726 g/mol. The molecule has 12 nitrogen and oxygen atoms in total. The summed E-state index contributed by atoms with van der Waals surface area (Å²) >= 11 is 0. The Bertz CT molecular complexity index is 1860. The Morgan fingerprint density at radius 3 is 2.58 bits per heavy atom. The minimum Gasteiger partial charge on any atom is -0.497 e. The van der Waals surface area contributed by atoms with Crippen molar-refractivity contribution in [2.75, 3.05) is 20.3 Å². The van der Waals surface area contributed by atoms with Gasteiger partial charge >= 0.3 is 12.1 Å². The van der Waals surface area contributed by atoms with Crippen LogP contribution in [0.25, 0.3) is 22.2 Å². The van der Waals surface area contributed by atoms with E-state index in [1.54, 1.807) is 34.8 Å². The van der Waals surface area contributed by atoms with E-state index >= 15 is 0 Å². The van der Waals surface area contributed by atoms with E-state index in [2.05, 4.69) is 10.6 Å². The Hall–Kier alpha value is -5.13. The fourth-order valence-corrected chi connectivity index (χ4v) is 7.18. The van der Waals surface area contributed by atoms with E-state index in [9.17, 15) is 19.2 Å². The maximum Gasteiger partial charge on any atom is 0.408 e. The molecule has 3 aromatic rings. The Labute approximate surface area is 310 Å². The van der Waals surface area contributed by atoms with Crippen LogP contribution in [0.5, 0.6) is 11.5 Å². The highest BCUT2D eigenvalue weighted by Crippen LogP contribution is 2.46. The molecule has 1 unspecified atom stereocenters. The number of rotatable bonds is 7. The molecule has 5 atom stereocenters. The summed E-state index contributed by atoms with van der Waals surface area (Å²) in [5.74, 6) is -0.423. The Morgan fingerprint density at radius 1 is 1.06 bits per heavy atom. The third kappa shape index (κ3) is 8.75. The largest absolute Gasteiger partial charge is 0.497 e. The molecular formula is C41H50N4O8. The molecule has 53 heavy (non-hydrogen) atoms. The predicted octanol–water partition coefficient (Wildman–Crippen LogP) is 6.11. The quantitative estimate of drug-likeness (QED) is 0.218. The first-order valence-corrected chi connectivity index (χ1v) is 18.6. The number of fused-ring (bicyclic) bond motifs is 3. The number of esters is 1. The van der Waals surface area contributed by atoms with E-state index in [0.29, 0.717) is 42.0 Å². The van der Waals surface area contributed by atoms with Gasteiger partial charge in [-0.2, -0.15) is 0 Å². The number of hydrogen-bond acceptors (Lipinski definition) is 9. The number of carbonyl (C=O) groups is 4. The molecule has 3 aliphatic rings. The van der Waals surface area contributed by atoms with Crippen LogP contribution < -0.4 is 20.1 Å². The average molecular weight is 727 g/mol. The molecule has 0 radical (unpaired) electrons. The van der Waals surface area contributed by atoms with Gasteiger partial charge in [-0.05, 0) is 65.5 Å². The van der Waals surface area contributed by atoms with Gasteiger partial charge < -0.3 is 34.5 Å². The highest BCUT2D eigenvalue weighted by molar-refractivity contribution is 5.97. The van der Waals surface area contributed by atoms with E-state index in [1.807, 2.05) is 66.7 Å². The van der Waals surface area contributed by atoms with Crippen molar-refractivity contribution in [2.24, 2.45) is 5.92 Å². The highest BCUT2D eigenvalue weighted by atomic mass is 16.6. The van der Waals surface area contributed by atoms with Crippen LogP contribution in [0.15, 0.2) is 66.7 Å². The standard InChI is InChI=1S/C41H50N4O8/c1-6-51-38(48)41-24-27(41)17-13-8-7-9-14-18-31(43-39(49)53-40(2,3)4)37(47)45-25-29(22-34(45)36(46)44-41)52-35-23-32(26-15-11-10-12-16-26)42-33-21-28(50-5)19-20-30(33)35/h10-13,15-17,19-21,23,27,29,31,34H,6-9,14,18,22,24-25H2,1-5H3,(H,43,49)(H,44,46)/b17-13-/t27?,29-,31+,34+,41-/m1/s1. The van der Waals surface area contributed by atoms with E-state index in [0.717, 1.165) is 30.2 Å². The summed E-state index contributed by atoms with van der Waals surface area (Å²) in [4.78, 5) is 61.6. The van der Waals surface area contributed by atoms with E-state index in [1.165, 1.54) is 4.90 Å². The van der Waals surface area contributed by atoms with Crippen molar-refractivity contribution in [2.45, 2.75) is 102 Å². The lowest BCUT2D eigenvalue weighted by molar-refractivity contribution is -0.150. The smallest absolute Gasteiger partial charge is 0.408 e. The molecule has 1 aliphatic carbocycles. The van der Waals surface area contributed by atoms with Gasteiger partial charge in [0.25, 0.3) is 0 Å². The number of alkyl carbamates (subject to hydrolysis) is 1. The molecule has 2 N–H and O–H groups in total. The number of carbonyl (C=O) groups excluding carboxylic acids is 4. The fourth-order valence-electron chi connectivity index (χ4n) is 7.18. The van der Waals surface area contributed by atoms with Crippen LogP contribution in [0.3, 0.4) is 0 Å². The van der Waals surface area contributed by atoms with E-state index < -0.39 is 53.2 Å². The number of nitrogens with one attached hydrogen (secondary N) is 2. The van der Waals surface area contributed by atoms with E-state index in [4.69, 9.17) is 23.9 Å². The summed E-state index contributed by atoms with van der Waals surface area (Å²) in [6, 6.07) is 15.2. The molecule has 2 aromatic carbocycles. The van der Waals surface area contributed by atoms with Crippen LogP contribution in [-0.2, 0) is 23.9 Å². The summed E-state index contributed by atoms with van der Waals surface area (Å²) in [6.07, 6.45) is 6.80. The molecule has 3 amide bonds. The average Bonchev–Trinajstić information content (AvgIpc) is 3.66. The third-order valence-electron chi connectivity index (χ3n) is 9.91. The van der Waals surface area contributed by atoms with Gasteiger partial charge in [0, 0.05) is 35.4 Å². The van der Waals surface area contributed by atoms with E-state index in [-0.39, 0.29) is 25.5 Å². The van der Waals surface area contributed by atoms with Crippen LogP contribution in [0, 0.1) is 5.92 Å². The van der Waals surface area contributed by atoms with Crippen molar-refractivity contribution in [1.29, 1.82) is 0 Å². The molecule has 0 spiro atoms. The summed E-state index contributed by atoms with van der Waals surface area (Å²) in [7, 11) is 1.60. The molecular weight excluding hydrogens is 676 g/mol. The number of nitrogens with zero attached hydrogens (tertiary/aromatic N) is 2. The first kappa shape index (κ1) is 37.6. The maximum atomic E-state index is 14.5. The van der Waals surface area contributed by atoms with Gasteiger partial charge in [-0.1, -0.05) is 55.3 Å². The molecule has 1 saturated carbocycles. The lowest BCUT2D eigenvalue weighted by atomic mass is 10.0. The zero-order valence-corrected chi connectivity index (χ0v) is 31.2. The summed E-state index contributed by atoms with van der Waals surface area (Å²) < 4.78 is 23.2. The van der Waals surface area contributed by atoms with Gasteiger partial charge in [-0.25, -0.2) is 14.6 Å². The zero-order valence-electron chi connectivity index (χ0n) is 31.2. The second kappa shape index (κ2) is 15.9. The second-order valence-electron chi connectivity index (χ2n) is 15.0. The van der Waals surface area contributed by atoms with Crippen LogP contribution in [0.1, 0.15) is 72.6 Å². The number of methoxy groups -OCH3 is 1. The normalized spacial score (nSPS) is 25.5. The van der Waals surface area contributed by atoms with Crippen LogP contribution in [0.2, 0.25) is 0 Å². The molecule has 6 rings (SSSR count). The van der Waals surface area contributed by atoms with Gasteiger partial charge in [-0.15, -0.1) is 0 Å². The number of ether oxygens (including phenoxy) is 4. The molecule has 1 saturated heterocycles. The van der Waals surface area contributed by atoms with Crippen molar-refractivity contribution in [1.82, 2.24) is 20.5 Å². The minimum atomic E-state index is -1.21. The number of amides is 3. The van der Waals surface area contributed by atoms with Gasteiger partial charge in [0.2, 0.25) is 11.8 Å². The number of hydrogen-bond donors (Lipinski definition) is 2. The number of aromatic nitrogens is 1. The first-order chi connectivity index (χ1) is 25.4. The van der Waals surface area contributed by atoms with Crippen LogP contribution >= 0.6 is 0 Å². The number of allylic oxidation sites excluding steroid dienone is 1. The highest BCUT2D eigenvalue weighted by Gasteiger charge is 2.62. The lowest BCUT2D eigenvalue weighted by Crippen LogP contribution is -2.56. The summed E-state index contributed by atoms with van der Waals surface area (Å²) in [5, 5.41) is 6.54. The van der Waals surface area contributed by atoms with Gasteiger partial charge in [0.15, 0.2) is 0 Å². The van der Waals surface area contributed by atoms with Crippen molar-refractivity contribution < 1.29 is 38.1 Å². The van der Waals surface area contributed by atoms with Crippen molar-refractivity contribution in [3.8, 4) is 22.8 Å². The van der Waals surface area contributed by atoms with Crippen molar-refractivity contribution in [3.63, 3.8) is 0 Å². The lowest BCUT2D eigenvalue weighted by Gasteiger charge is -2.30.